The van der Waals surface area contributed by atoms with Gasteiger partial charge in [-0.1, -0.05) is 32.6 Å². The van der Waals surface area contributed by atoms with E-state index in [1.807, 2.05) is 6.07 Å². The molecule has 2 rings (SSSR count). The van der Waals surface area contributed by atoms with Gasteiger partial charge in [-0.2, -0.15) is 0 Å². The number of hydrogen-bond acceptors (Lipinski definition) is 3. The fourth-order valence-corrected chi connectivity index (χ4v) is 2.71. The van der Waals surface area contributed by atoms with Gasteiger partial charge in [0.2, 0.25) is 0 Å². The van der Waals surface area contributed by atoms with Crippen LogP contribution in [0, 0.1) is 5.92 Å². The van der Waals surface area contributed by atoms with Crippen molar-refractivity contribution in [2.24, 2.45) is 5.92 Å². The van der Waals surface area contributed by atoms with Crippen molar-refractivity contribution in [2.75, 3.05) is 18.4 Å². The molecule has 0 unspecified atom stereocenters. The number of amides is 1. The van der Waals surface area contributed by atoms with Crippen LogP contribution in [0.4, 0.5) is 5.82 Å². The normalized spacial score (nSPS) is 15.2. The second-order valence-electron chi connectivity index (χ2n) is 5.55. The third-order valence-corrected chi connectivity index (χ3v) is 3.89. The smallest absolute Gasteiger partial charge is 0.251 e. The van der Waals surface area contributed by atoms with Crippen LogP contribution in [0.25, 0.3) is 0 Å². The van der Waals surface area contributed by atoms with Gasteiger partial charge in [0.25, 0.3) is 5.91 Å². The van der Waals surface area contributed by atoms with Crippen LogP contribution in [0.3, 0.4) is 0 Å². The molecule has 1 aliphatic rings. The summed E-state index contributed by atoms with van der Waals surface area (Å²) in [6, 6.07) is 3.59. The molecule has 4 nitrogen and oxygen atoms in total. The molecular weight excluding hydrogens is 250 g/mol. The van der Waals surface area contributed by atoms with Crippen LogP contribution in [-0.2, 0) is 0 Å². The number of carbonyl (C=O) groups is 1. The van der Waals surface area contributed by atoms with E-state index in [-0.39, 0.29) is 5.91 Å². The van der Waals surface area contributed by atoms with Gasteiger partial charge in [0, 0.05) is 24.8 Å². The molecule has 20 heavy (non-hydrogen) atoms. The zero-order chi connectivity index (χ0) is 14.2. The van der Waals surface area contributed by atoms with Gasteiger partial charge in [-0.05, 0) is 30.9 Å². The monoisotopic (exact) mass is 275 g/mol. The molecule has 110 valence electrons. The van der Waals surface area contributed by atoms with E-state index in [4.69, 9.17) is 0 Å². The van der Waals surface area contributed by atoms with E-state index in [0.29, 0.717) is 5.56 Å². The minimum absolute atomic E-state index is 0.00458. The summed E-state index contributed by atoms with van der Waals surface area (Å²) in [5.41, 5.74) is 0.685. The van der Waals surface area contributed by atoms with Crippen molar-refractivity contribution in [1.82, 2.24) is 10.3 Å². The maximum Gasteiger partial charge on any atom is 0.251 e. The first-order chi connectivity index (χ1) is 9.79. The second-order valence-corrected chi connectivity index (χ2v) is 5.55. The molecule has 0 aromatic carbocycles. The summed E-state index contributed by atoms with van der Waals surface area (Å²) in [5.74, 6) is 1.59. The van der Waals surface area contributed by atoms with Gasteiger partial charge in [0.05, 0.1) is 0 Å². The number of carbonyl (C=O) groups excluding carboxylic acids is 1. The van der Waals surface area contributed by atoms with Crippen LogP contribution in [0.5, 0.6) is 0 Å². The number of hydrogen-bond donors (Lipinski definition) is 2. The largest absolute Gasteiger partial charge is 0.370 e. The van der Waals surface area contributed by atoms with E-state index in [1.54, 1.807) is 12.3 Å². The lowest BCUT2D eigenvalue weighted by molar-refractivity contribution is 0.0951. The summed E-state index contributed by atoms with van der Waals surface area (Å²) in [4.78, 5) is 16.3. The Morgan fingerprint density at radius 3 is 2.90 bits per heavy atom. The number of rotatable bonds is 7. The predicted octanol–water partition coefficient (Wildman–Crippen LogP) is 3.21. The van der Waals surface area contributed by atoms with Crippen LogP contribution in [0.2, 0.25) is 0 Å². The lowest BCUT2D eigenvalue weighted by Gasteiger charge is -2.10. The third-order valence-electron chi connectivity index (χ3n) is 3.89. The van der Waals surface area contributed by atoms with E-state index < -0.39 is 0 Å². The highest BCUT2D eigenvalue weighted by Gasteiger charge is 2.15. The zero-order valence-corrected chi connectivity index (χ0v) is 12.3. The minimum Gasteiger partial charge on any atom is -0.370 e. The number of nitrogens with one attached hydrogen (secondary N) is 2. The molecule has 1 aromatic rings. The van der Waals surface area contributed by atoms with Crippen molar-refractivity contribution in [2.45, 2.75) is 45.4 Å². The van der Waals surface area contributed by atoms with Crippen molar-refractivity contribution in [3.05, 3.63) is 23.9 Å². The van der Waals surface area contributed by atoms with E-state index in [2.05, 4.69) is 22.5 Å². The quantitative estimate of drug-likeness (QED) is 0.803. The molecular formula is C16H25N3O. The summed E-state index contributed by atoms with van der Waals surface area (Å²) in [6.07, 6.45) is 9.21. The first-order valence-electron chi connectivity index (χ1n) is 7.77. The summed E-state index contributed by atoms with van der Waals surface area (Å²) in [5, 5.41) is 6.21. The summed E-state index contributed by atoms with van der Waals surface area (Å²) in [7, 11) is 0. The maximum atomic E-state index is 12.1. The Kier molecular flexibility index (Phi) is 5.84. The lowest BCUT2D eigenvalue weighted by Crippen LogP contribution is -2.25. The van der Waals surface area contributed by atoms with Crippen LogP contribution >= 0.6 is 0 Å². The molecule has 1 heterocycles. The fraction of sp³-hybridized carbons (Fsp3) is 0.625. The average molecular weight is 275 g/mol. The van der Waals surface area contributed by atoms with E-state index in [1.165, 1.54) is 25.7 Å². The first-order valence-corrected chi connectivity index (χ1v) is 7.77. The van der Waals surface area contributed by atoms with Crippen molar-refractivity contribution in [3.8, 4) is 0 Å². The van der Waals surface area contributed by atoms with E-state index >= 15 is 0 Å². The highest BCUT2D eigenvalue weighted by Crippen LogP contribution is 2.26. The molecule has 0 aliphatic heterocycles. The SMILES string of the molecule is CCCNc1cc(C(=O)NCCC2CCCC2)ccn1. The lowest BCUT2D eigenvalue weighted by atomic mass is 10.0. The van der Waals surface area contributed by atoms with Crippen LogP contribution < -0.4 is 10.6 Å². The van der Waals surface area contributed by atoms with Gasteiger partial charge in [-0.3, -0.25) is 4.79 Å². The Labute approximate surface area is 121 Å². The molecule has 1 fully saturated rings. The summed E-state index contributed by atoms with van der Waals surface area (Å²) < 4.78 is 0. The van der Waals surface area contributed by atoms with Crippen LogP contribution in [0.15, 0.2) is 18.3 Å². The molecule has 0 radical (unpaired) electrons. The van der Waals surface area contributed by atoms with Gasteiger partial charge >= 0.3 is 0 Å². The average Bonchev–Trinajstić information content (AvgIpc) is 2.98. The van der Waals surface area contributed by atoms with Crippen molar-refractivity contribution in [1.29, 1.82) is 0 Å². The van der Waals surface area contributed by atoms with Gasteiger partial charge in [-0.15, -0.1) is 0 Å². The van der Waals surface area contributed by atoms with Crippen LogP contribution in [0.1, 0.15) is 55.8 Å². The molecule has 1 amide bonds. The zero-order valence-electron chi connectivity index (χ0n) is 12.3. The van der Waals surface area contributed by atoms with Crippen molar-refractivity contribution < 1.29 is 4.79 Å². The predicted molar refractivity (Wildman–Crippen MR) is 81.9 cm³/mol. The molecule has 1 aliphatic carbocycles. The number of pyridine rings is 1. The van der Waals surface area contributed by atoms with Gasteiger partial charge < -0.3 is 10.6 Å². The topological polar surface area (TPSA) is 54.0 Å². The summed E-state index contributed by atoms with van der Waals surface area (Å²) in [6.45, 7) is 3.76. The minimum atomic E-state index is 0.00458. The Hall–Kier alpha value is -1.58. The van der Waals surface area contributed by atoms with Crippen LogP contribution in [-0.4, -0.2) is 24.0 Å². The molecule has 0 bridgehead atoms. The van der Waals surface area contributed by atoms with Crippen molar-refractivity contribution >= 4 is 11.7 Å². The molecule has 0 saturated heterocycles. The molecule has 1 saturated carbocycles. The molecule has 0 atom stereocenters. The number of nitrogens with zero attached hydrogens (tertiary/aromatic N) is 1. The second kappa shape index (κ2) is 7.88. The Bertz CT molecular complexity index is 427. The van der Waals surface area contributed by atoms with E-state index in [0.717, 1.165) is 37.7 Å². The standard InChI is InChI=1S/C16H25N3O/c1-2-9-17-15-12-14(8-11-18-15)16(20)19-10-7-13-5-3-4-6-13/h8,11-13H,2-7,9-10H2,1H3,(H,17,18)(H,19,20). The Morgan fingerprint density at radius 2 is 2.15 bits per heavy atom. The van der Waals surface area contributed by atoms with Crippen molar-refractivity contribution in [3.63, 3.8) is 0 Å². The summed E-state index contributed by atoms with van der Waals surface area (Å²) >= 11 is 0. The molecule has 1 aromatic heterocycles. The molecule has 2 N–H and O–H groups in total. The van der Waals surface area contributed by atoms with Gasteiger partial charge in [0.1, 0.15) is 5.82 Å². The Balaban J connectivity index is 1.78. The van der Waals surface area contributed by atoms with Gasteiger partial charge in [0.15, 0.2) is 0 Å². The van der Waals surface area contributed by atoms with E-state index in [9.17, 15) is 4.79 Å². The number of anilines is 1. The highest BCUT2D eigenvalue weighted by molar-refractivity contribution is 5.94. The Morgan fingerprint density at radius 1 is 1.35 bits per heavy atom. The maximum absolute atomic E-state index is 12.1. The highest BCUT2D eigenvalue weighted by atomic mass is 16.1. The fourth-order valence-electron chi connectivity index (χ4n) is 2.71. The number of aromatic nitrogens is 1. The molecule has 4 heteroatoms. The first kappa shape index (κ1) is 14.8. The van der Waals surface area contributed by atoms with Gasteiger partial charge in [-0.25, -0.2) is 4.98 Å². The third kappa shape index (κ3) is 4.51. The molecule has 0 spiro atoms.